The molecule has 4 aromatic carbocycles. The number of carboxylic acids is 4. The molecule has 0 fully saturated rings. The molecule has 0 aliphatic rings. The van der Waals surface area contributed by atoms with Crippen molar-refractivity contribution >= 4 is 34.6 Å². The number of ether oxygens (including phenoxy) is 2. The van der Waals surface area contributed by atoms with Crippen LogP contribution in [0.15, 0.2) is 60.7 Å². The molecule has 0 heterocycles. The van der Waals surface area contributed by atoms with Crippen LogP contribution in [0.2, 0.25) is 0 Å². The summed E-state index contributed by atoms with van der Waals surface area (Å²) in [4.78, 5) is 46.9. The van der Waals surface area contributed by atoms with Gasteiger partial charge in [-0.2, -0.15) is 0 Å². The molecule has 38 heavy (non-hydrogen) atoms. The minimum atomic E-state index is -1.32. The van der Waals surface area contributed by atoms with Gasteiger partial charge in [0, 0.05) is 11.1 Å². The minimum absolute atomic E-state index is 0.243. The second-order valence-corrected chi connectivity index (χ2v) is 8.20. The van der Waals surface area contributed by atoms with E-state index in [4.69, 9.17) is 9.47 Å². The number of carboxylic acid groups (broad SMARTS) is 4. The zero-order valence-corrected chi connectivity index (χ0v) is 20.0. The van der Waals surface area contributed by atoms with E-state index in [1.54, 1.807) is 24.3 Å². The summed E-state index contributed by atoms with van der Waals surface area (Å²) in [5.41, 5.74) is 0.305. The zero-order chi connectivity index (χ0) is 27.7. The number of carbonyl (C=O) groups is 4. The molecule has 0 saturated carbocycles. The van der Waals surface area contributed by atoms with Gasteiger partial charge in [-0.25, -0.2) is 19.2 Å². The van der Waals surface area contributed by atoms with Crippen LogP contribution in [-0.4, -0.2) is 58.5 Å². The van der Waals surface area contributed by atoms with Gasteiger partial charge >= 0.3 is 23.9 Å². The lowest BCUT2D eigenvalue weighted by Gasteiger charge is -2.18. The highest BCUT2D eigenvalue weighted by atomic mass is 16.5. The van der Waals surface area contributed by atoms with E-state index in [9.17, 15) is 39.6 Å². The van der Waals surface area contributed by atoms with E-state index in [1.807, 2.05) is 0 Å². The molecule has 10 nitrogen and oxygen atoms in total. The molecule has 4 N–H and O–H groups in total. The van der Waals surface area contributed by atoms with Crippen molar-refractivity contribution in [2.45, 2.75) is 0 Å². The third-order valence-corrected chi connectivity index (χ3v) is 6.00. The summed E-state index contributed by atoms with van der Waals surface area (Å²) in [7, 11) is 2.81. The maximum Gasteiger partial charge on any atom is 0.335 e. The van der Waals surface area contributed by atoms with E-state index < -0.39 is 23.9 Å². The molecule has 0 aromatic heterocycles. The maximum atomic E-state index is 11.7. The Morgan fingerprint density at radius 2 is 0.789 bits per heavy atom. The van der Waals surface area contributed by atoms with Gasteiger partial charge in [0.1, 0.15) is 11.5 Å². The average molecular weight is 516 g/mol. The molecule has 10 heteroatoms. The van der Waals surface area contributed by atoms with Gasteiger partial charge < -0.3 is 29.9 Å². The van der Waals surface area contributed by atoms with E-state index in [1.165, 1.54) is 38.5 Å². The summed E-state index contributed by atoms with van der Waals surface area (Å²) in [6.07, 6.45) is 0. The zero-order valence-electron chi connectivity index (χ0n) is 20.0. The normalized spacial score (nSPS) is 10.7. The fourth-order valence-electron chi connectivity index (χ4n) is 4.34. The first-order valence-corrected chi connectivity index (χ1v) is 11.0. The number of fused-ring (bicyclic) bond motifs is 1. The summed E-state index contributed by atoms with van der Waals surface area (Å²) in [6.45, 7) is 0. The van der Waals surface area contributed by atoms with Crippen LogP contribution in [0.1, 0.15) is 41.4 Å². The highest BCUT2D eigenvalue weighted by Crippen LogP contribution is 2.44. The molecule has 4 aromatic rings. The summed E-state index contributed by atoms with van der Waals surface area (Å²) in [5, 5.41) is 39.3. The topological polar surface area (TPSA) is 168 Å². The Bertz CT molecular complexity index is 1460. The van der Waals surface area contributed by atoms with Crippen LogP contribution < -0.4 is 9.47 Å². The molecule has 0 bridgehead atoms. The van der Waals surface area contributed by atoms with Gasteiger partial charge in [-0.3, -0.25) is 0 Å². The van der Waals surface area contributed by atoms with Crippen LogP contribution in [0.3, 0.4) is 0 Å². The van der Waals surface area contributed by atoms with E-state index in [0.29, 0.717) is 33.4 Å². The molecule has 0 atom stereocenters. The lowest BCUT2D eigenvalue weighted by atomic mass is 9.89. The predicted molar refractivity (Wildman–Crippen MR) is 136 cm³/mol. The van der Waals surface area contributed by atoms with Crippen LogP contribution in [0.4, 0.5) is 0 Å². The second kappa shape index (κ2) is 9.94. The molecule has 0 aliphatic heterocycles. The Hall–Kier alpha value is -5.38. The first-order chi connectivity index (χ1) is 18.0. The lowest BCUT2D eigenvalue weighted by Crippen LogP contribution is -2.04. The van der Waals surface area contributed by atoms with Crippen LogP contribution in [0.25, 0.3) is 33.0 Å². The largest absolute Gasteiger partial charge is 0.496 e. The molecule has 0 radical (unpaired) electrons. The Labute approximate surface area is 214 Å². The van der Waals surface area contributed by atoms with Crippen molar-refractivity contribution in [1.82, 2.24) is 0 Å². The number of hydrogen-bond donors (Lipinski definition) is 4. The Morgan fingerprint density at radius 3 is 1.03 bits per heavy atom. The first-order valence-electron chi connectivity index (χ1n) is 11.0. The first kappa shape index (κ1) is 25.7. The van der Waals surface area contributed by atoms with Crippen molar-refractivity contribution < 1.29 is 49.1 Å². The van der Waals surface area contributed by atoms with Gasteiger partial charge in [-0.15, -0.1) is 0 Å². The summed E-state index contributed by atoms with van der Waals surface area (Å²) in [6, 6.07) is 13.9. The number of methoxy groups -OCH3 is 2. The molecular weight excluding hydrogens is 496 g/mol. The Balaban J connectivity index is 2.14. The van der Waals surface area contributed by atoms with E-state index >= 15 is 0 Å². The maximum absolute atomic E-state index is 11.7. The van der Waals surface area contributed by atoms with Gasteiger partial charge in [0.05, 0.1) is 36.5 Å². The van der Waals surface area contributed by atoms with Gasteiger partial charge in [-0.05, 0) is 82.6 Å². The second-order valence-electron chi connectivity index (χ2n) is 8.20. The van der Waals surface area contributed by atoms with E-state index in [2.05, 4.69) is 0 Å². The van der Waals surface area contributed by atoms with Crippen LogP contribution >= 0.6 is 0 Å². The Kier molecular flexibility index (Phi) is 6.72. The number of aromatic carboxylic acids is 4. The fraction of sp³-hybridized carbons (Fsp3) is 0.0714. The van der Waals surface area contributed by atoms with E-state index in [0.717, 1.165) is 12.1 Å². The number of hydrogen-bond acceptors (Lipinski definition) is 6. The van der Waals surface area contributed by atoms with Crippen LogP contribution in [0, 0.1) is 0 Å². The third kappa shape index (κ3) is 4.58. The third-order valence-electron chi connectivity index (χ3n) is 6.00. The lowest BCUT2D eigenvalue weighted by molar-refractivity contribution is 0.0676. The molecule has 4 rings (SSSR count). The van der Waals surface area contributed by atoms with E-state index in [-0.39, 0.29) is 33.4 Å². The average Bonchev–Trinajstić information content (AvgIpc) is 2.90. The molecule has 0 saturated heterocycles. The Morgan fingerprint density at radius 1 is 0.500 bits per heavy atom. The monoisotopic (exact) mass is 516 g/mol. The highest BCUT2D eigenvalue weighted by Gasteiger charge is 2.21. The summed E-state index contributed by atoms with van der Waals surface area (Å²) in [5.74, 6) is -4.63. The van der Waals surface area contributed by atoms with Gasteiger partial charge in [0.25, 0.3) is 0 Å². The molecular formula is C28H20O10. The smallest absolute Gasteiger partial charge is 0.335 e. The summed E-state index contributed by atoms with van der Waals surface area (Å²) >= 11 is 0. The minimum Gasteiger partial charge on any atom is -0.496 e. The van der Waals surface area contributed by atoms with Crippen molar-refractivity contribution in [2.24, 2.45) is 0 Å². The standard InChI is InChI=1S/C28H20O10/c1-37-21-5-3-20-19(23(21)13-7-15(25(29)30)11-16(8-13)26(31)32)4-6-22(38-2)24(20)14-9-17(27(33)34)12-18(10-14)28(35)36/h3-12H,1-2H3,(H,29,30)(H,31,32)(H,33,34)(H,35,36). The SMILES string of the molecule is COc1ccc2c(-c3cc(C(=O)O)cc(C(=O)O)c3)c(OC)ccc2c1-c1cc(C(=O)O)cc(C(=O)O)c1. The molecule has 0 spiro atoms. The van der Waals surface area contributed by atoms with Crippen molar-refractivity contribution in [3.05, 3.63) is 82.9 Å². The summed E-state index contributed by atoms with van der Waals surface area (Å²) < 4.78 is 11.1. The van der Waals surface area contributed by atoms with Crippen molar-refractivity contribution in [1.29, 1.82) is 0 Å². The van der Waals surface area contributed by atoms with Crippen molar-refractivity contribution in [3.8, 4) is 33.8 Å². The molecule has 0 amide bonds. The molecule has 0 unspecified atom stereocenters. The fourth-order valence-corrected chi connectivity index (χ4v) is 4.34. The highest BCUT2D eigenvalue weighted by molar-refractivity contribution is 6.10. The molecule has 192 valence electrons. The van der Waals surface area contributed by atoms with Crippen molar-refractivity contribution in [2.75, 3.05) is 14.2 Å². The van der Waals surface area contributed by atoms with Crippen LogP contribution in [0.5, 0.6) is 11.5 Å². The number of rotatable bonds is 8. The van der Waals surface area contributed by atoms with Gasteiger partial charge in [0.2, 0.25) is 0 Å². The van der Waals surface area contributed by atoms with Crippen molar-refractivity contribution in [3.63, 3.8) is 0 Å². The van der Waals surface area contributed by atoms with Gasteiger partial charge in [0.15, 0.2) is 0 Å². The predicted octanol–water partition coefficient (Wildman–Crippen LogP) is 4.98. The van der Waals surface area contributed by atoms with Gasteiger partial charge in [-0.1, -0.05) is 0 Å². The molecule has 0 aliphatic carbocycles. The number of benzene rings is 4. The quantitative estimate of drug-likeness (QED) is 0.250. The van der Waals surface area contributed by atoms with Crippen LogP contribution in [-0.2, 0) is 0 Å².